The number of rotatable bonds is 9. The molecule has 4 heteroatoms. The third-order valence-corrected chi connectivity index (χ3v) is 7.39. The molecule has 2 heterocycles. The number of piperidine rings is 1. The number of carbonyl (C=O) groups excluding carboxylic acids is 1. The minimum atomic E-state index is 0.158. The van der Waals surface area contributed by atoms with Gasteiger partial charge in [-0.2, -0.15) is 0 Å². The first-order valence-electron chi connectivity index (χ1n) is 12.7. The Kier molecular flexibility index (Phi) is 7.87. The van der Waals surface area contributed by atoms with Crippen LogP contribution in [0.5, 0.6) is 0 Å². The van der Waals surface area contributed by atoms with Crippen LogP contribution < -0.4 is 5.32 Å². The minimum Gasteiger partial charge on any atom is -0.356 e. The molecule has 3 aromatic rings. The molecule has 0 spiro atoms. The van der Waals surface area contributed by atoms with Gasteiger partial charge in [0.2, 0.25) is 5.91 Å². The summed E-state index contributed by atoms with van der Waals surface area (Å²) in [6.45, 7) is 9.54. The second-order valence-corrected chi connectivity index (χ2v) is 9.80. The van der Waals surface area contributed by atoms with Gasteiger partial charge in [-0.3, -0.25) is 9.69 Å². The van der Waals surface area contributed by atoms with E-state index in [1.54, 1.807) is 0 Å². The fraction of sp³-hybridized carbons (Fsp3) is 0.483. The molecule has 0 aliphatic carbocycles. The molecular formula is C29H39N3O. The molecule has 2 atom stereocenters. The van der Waals surface area contributed by atoms with E-state index in [1.165, 1.54) is 46.9 Å². The van der Waals surface area contributed by atoms with Gasteiger partial charge in [-0.1, -0.05) is 48.9 Å². The Hall–Kier alpha value is -2.59. The van der Waals surface area contributed by atoms with Crippen LogP contribution in [-0.2, 0) is 17.8 Å². The molecule has 33 heavy (non-hydrogen) atoms. The standard InChI is InChI=1S/C29H39N3O/c1-22-10-4-5-13-25(22)20-31-21-26(27-14-6-7-15-28(27)31)16-17-29(33)30-18-9-19-32-23(2)11-8-12-24(32)3/h4-7,10,13-15,21,23-24H,8-9,11-12,16-20H2,1-3H3,(H,30,33). The number of hydrogen-bond acceptors (Lipinski definition) is 2. The number of aromatic nitrogens is 1. The number of nitrogens with zero attached hydrogens (tertiary/aromatic N) is 2. The van der Waals surface area contributed by atoms with Crippen molar-refractivity contribution < 1.29 is 4.79 Å². The Morgan fingerprint density at radius 2 is 1.73 bits per heavy atom. The smallest absolute Gasteiger partial charge is 0.220 e. The predicted molar refractivity (Wildman–Crippen MR) is 138 cm³/mol. The van der Waals surface area contributed by atoms with Crippen LogP contribution in [-0.4, -0.2) is 40.5 Å². The van der Waals surface area contributed by atoms with Gasteiger partial charge in [0.05, 0.1) is 0 Å². The summed E-state index contributed by atoms with van der Waals surface area (Å²) in [5, 5.41) is 4.41. The lowest BCUT2D eigenvalue weighted by molar-refractivity contribution is -0.121. The van der Waals surface area contributed by atoms with Gasteiger partial charge in [0.25, 0.3) is 0 Å². The molecule has 4 rings (SSSR count). The van der Waals surface area contributed by atoms with Gasteiger partial charge in [-0.25, -0.2) is 0 Å². The van der Waals surface area contributed by atoms with Gasteiger partial charge in [-0.15, -0.1) is 0 Å². The number of fused-ring (bicyclic) bond motifs is 1. The highest BCUT2D eigenvalue weighted by Gasteiger charge is 2.23. The quantitative estimate of drug-likeness (QED) is 0.429. The van der Waals surface area contributed by atoms with Crippen LogP contribution in [0.25, 0.3) is 10.9 Å². The maximum absolute atomic E-state index is 12.5. The normalized spacial score (nSPS) is 19.1. The number of amides is 1. The van der Waals surface area contributed by atoms with E-state index in [4.69, 9.17) is 0 Å². The zero-order valence-electron chi connectivity index (χ0n) is 20.5. The summed E-state index contributed by atoms with van der Waals surface area (Å²) < 4.78 is 2.33. The van der Waals surface area contributed by atoms with Gasteiger partial charge in [0, 0.05) is 55.2 Å². The molecular weight excluding hydrogens is 406 g/mol. The third-order valence-electron chi connectivity index (χ3n) is 7.39. The molecule has 0 bridgehead atoms. The number of likely N-dealkylation sites (tertiary alicyclic amines) is 1. The molecule has 1 saturated heterocycles. The molecule has 1 aromatic heterocycles. The second kappa shape index (κ2) is 11.0. The van der Waals surface area contributed by atoms with Crippen LogP contribution >= 0.6 is 0 Å². The van der Waals surface area contributed by atoms with Crippen LogP contribution in [0.2, 0.25) is 0 Å². The summed E-state index contributed by atoms with van der Waals surface area (Å²) in [7, 11) is 0. The monoisotopic (exact) mass is 445 g/mol. The Labute approximate surface area is 199 Å². The molecule has 1 fully saturated rings. The first-order chi connectivity index (χ1) is 16.0. The topological polar surface area (TPSA) is 37.3 Å². The summed E-state index contributed by atoms with van der Waals surface area (Å²) in [4.78, 5) is 15.2. The highest BCUT2D eigenvalue weighted by Crippen LogP contribution is 2.25. The number of carbonyl (C=O) groups is 1. The maximum atomic E-state index is 12.5. The lowest BCUT2D eigenvalue weighted by Gasteiger charge is -2.39. The highest BCUT2D eigenvalue weighted by molar-refractivity contribution is 5.85. The Balaban J connectivity index is 1.31. The van der Waals surface area contributed by atoms with E-state index in [0.717, 1.165) is 32.5 Å². The lowest BCUT2D eigenvalue weighted by atomic mass is 9.97. The molecule has 4 nitrogen and oxygen atoms in total. The SMILES string of the molecule is Cc1ccccc1Cn1cc(CCC(=O)NCCCN2C(C)CCCC2C)c2ccccc21. The number of aryl methyl sites for hydroxylation is 2. The van der Waals surface area contributed by atoms with Crippen molar-refractivity contribution >= 4 is 16.8 Å². The van der Waals surface area contributed by atoms with Crippen molar-refractivity contribution in [2.45, 2.75) is 77.9 Å². The van der Waals surface area contributed by atoms with Crippen LogP contribution in [0.1, 0.15) is 62.6 Å². The first kappa shape index (κ1) is 23.6. The molecule has 1 N–H and O–H groups in total. The van der Waals surface area contributed by atoms with E-state index < -0.39 is 0 Å². The molecule has 0 radical (unpaired) electrons. The van der Waals surface area contributed by atoms with Crippen LogP contribution in [0.4, 0.5) is 0 Å². The van der Waals surface area contributed by atoms with Crippen LogP contribution in [0, 0.1) is 6.92 Å². The average molecular weight is 446 g/mol. The first-order valence-corrected chi connectivity index (χ1v) is 12.7. The van der Waals surface area contributed by atoms with Gasteiger partial charge in [0.1, 0.15) is 0 Å². The minimum absolute atomic E-state index is 0.158. The van der Waals surface area contributed by atoms with Gasteiger partial charge in [0.15, 0.2) is 0 Å². The Bertz CT molecular complexity index is 1060. The van der Waals surface area contributed by atoms with Crippen molar-refractivity contribution in [2.75, 3.05) is 13.1 Å². The molecule has 176 valence electrons. The van der Waals surface area contributed by atoms with E-state index in [-0.39, 0.29) is 5.91 Å². The van der Waals surface area contributed by atoms with Crippen molar-refractivity contribution in [1.82, 2.24) is 14.8 Å². The average Bonchev–Trinajstić information content (AvgIpc) is 3.16. The van der Waals surface area contributed by atoms with E-state index in [1.807, 2.05) is 0 Å². The van der Waals surface area contributed by atoms with Crippen molar-refractivity contribution in [2.24, 2.45) is 0 Å². The van der Waals surface area contributed by atoms with Crippen molar-refractivity contribution in [3.8, 4) is 0 Å². The Morgan fingerprint density at radius 3 is 2.52 bits per heavy atom. The summed E-state index contributed by atoms with van der Waals surface area (Å²) in [5.74, 6) is 0.158. The van der Waals surface area contributed by atoms with Crippen LogP contribution in [0.15, 0.2) is 54.7 Å². The fourth-order valence-corrected chi connectivity index (χ4v) is 5.37. The van der Waals surface area contributed by atoms with Crippen LogP contribution in [0.3, 0.4) is 0 Å². The van der Waals surface area contributed by atoms with Gasteiger partial charge >= 0.3 is 0 Å². The number of benzene rings is 2. The third kappa shape index (κ3) is 5.86. The lowest BCUT2D eigenvalue weighted by Crippen LogP contribution is -2.44. The Morgan fingerprint density at radius 1 is 1.00 bits per heavy atom. The summed E-state index contributed by atoms with van der Waals surface area (Å²) in [6, 6.07) is 18.4. The molecule has 2 aromatic carbocycles. The molecule has 0 saturated carbocycles. The van der Waals surface area contributed by atoms with E-state index >= 15 is 0 Å². The van der Waals surface area contributed by atoms with E-state index in [9.17, 15) is 4.79 Å². The molecule has 2 unspecified atom stereocenters. The highest BCUT2D eigenvalue weighted by atomic mass is 16.1. The summed E-state index contributed by atoms with van der Waals surface area (Å²) in [5.41, 5.74) is 5.13. The van der Waals surface area contributed by atoms with E-state index in [2.05, 4.69) is 90.3 Å². The van der Waals surface area contributed by atoms with Gasteiger partial charge < -0.3 is 9.88 Å². The van der Waals surface area contributed by atoms with Crippen molar-refractivity contribution in [1.29, 1.82) is 0 Å². The second-order valence-electron chi connectivity index (χ2n) is 9.80. The zero-order chi connectivity index (χ0) is 23.2. The predicted octanol–water partition coefficient (Wildman–Crippen LogP) is 5.70. The summed E-state index contributed by atoms with van der Waals surface area (Å²) >= 11 is 0. The van der Waals surface area contributed by atoms with Gasteiger partial charge in [-0.05, 0) is 69.2 Å². The number of hydrogen-bond donors (Lipinski definition) is 1. The van der Waals surface area contributed by atoms with Crippen molar-refractivity contribution in [3.05, 3.63) is 71.4 Å². The number of para-hydroxylation sites is 1. The zero-order valence-corrected chi connectivity index (χ0v) is 20.5. The van der Waals surface area contributed by atoms with Crippen molar-refractivity contribution in [3.63, 3.8) is 0 Å². The van der Waals surface area contributed by atoms with E-state index in [0.29, 0.717) is 18.5 Å². The fourth-order valence-electron chi connectivity index (χ4n) is 5.37. The molecule has 1 aliphatic heterocycles. The maximum Gasteiger partial charge on any atom is 0.220 e. The summed E-state index contributed by atoms with van der Waals surface area (Å²) in [6.07, 6.45) is 8.51. The number of nitrogens with one attached hydrogen (secondary N) is 1. The molecule has 1 aliphatic rings. The molecule has 1 amide bonds. The largest absolute Gasteiger partial charge is 0.356 e.